The molecule has 4 rings (SSSR count). The smallest absolute Gasteiger partial charge is 0.268 e. The molecule has 0 aliphatic carbocycles. The lowest BCUT2D eigenvalue weighted by Crippen LogP contribution is -2.31. The summed E-state index contributed by atoms with van der Waals surface area (Å²) in [6.07, 6.45) is 0.0375. The molecule has 0 aliphatic rings. The van der Waals surface area contributed by atoms with E-state index in [4.69, 9.17) is 4.74 Å². The van der Waals surface area contributed by atoms with Gasteiger partial charge in [0.1, 0.15) is 5.75 Å². The maximum absolute atomic E-state index is 13.0. The summed E-state index contributed by atoms with van der Waals surface area (Å²) in [6, 6.07) is 30.5. The molecule has 4 aromatic carbocycles. The number of ether oxygens (including phenoxy) is 1. The van der Waals surface area contributed by atoms with Crippen LogP contribution in [0.25, 0.3) is 11.1 Å². The van der Waals surface area contributed by atoms with Crippen molar-refractivity contribution in [3.63, 3.8) is 0 Å². The van der Waals surface area contributed by atoms with Gasteiger partial charge in [-0.15, -0.1) is 12.4 Å². The van der Waals surface area contributed by atoms with Gasteiger partial charge in [-0.3, -0.25) is 4.79 Å². The molecule has 7 nitrogen and oxygen atoms in total. The van der Waals surface area contributed by atoms with Gasteiger partial charge < -0.3 is 15.2 Å². The first-order valence-electron chi connectivity index (χ1n) is 13.2. The summed E-state index contributed by atoms with van der Waals surface area (Å²) in [6.45, 7) is 4.89. The second-order valence-electron chi connectivity index (χ2n) is 9.70. The molecule has 3 N–H and O–H groups in total. The zero-order valence-electron chi connectivity index (χ0n) is 23.0. The van der Waals surface area contributed by atoms with E-state index in [1.807, 2.05) is 68.4 Å². The van der Waals surface area contributed by atoms with Crippen LogP contribution in [0.4, 0.5) is 0 Å². The minimum Gasteiger partial charge on any atom is -0.490 e. The van der Waals surface area contributed by atoms with Crippen LogP contribution >= 0.6 is 12.4 Å². The van der Waals surface area contributed by atoms with Crippen LogP contribution in [-0.2, 0) is 16.4 Å². The highest BCUT2D eigenvalue weighted by Gasteiger charge is 2.22. The molecule has 1 atom stereocenters. The summed E-state index contributed by atoms with van der Waals surface area (Å²) in [4.78, 5) is 13.0. The molecule has 0 heterocycles. The van der Waals surface area contributed by atoms with Gasteiger partial charge in [-0.1, -0.05) is 78.9 Å². The molecule has 0 spiro atoms. The van der Waals surface area contributed by atoms with Gasteiger partial charge in [-0.2, -0.15) is 0 Å². The van der Waals surface area contributed by atoms with Crippen LogP contribution in [0, 0.1) is 0 Å². The number of hydrogen-bond donors (Lipinski definition) is 3. The molecule has 9 heteroatoms. The van der Waals surface area contributed by atoms with E-state index in [2.05, 4.69) is 10.0 Å². The summed E-state index contributed by atoms with van der Waals surface area (Å²) in [7, 11) is -4.02. The summed E-state index contributed by atoms with van der Waals surface area (Å²) in [5.74, 6) is -0.454. The standard InChI is InChI=1S/C32H34N2O5S.ClH/c1-23(2)39-31-21-27(17-18-29(31)32(36)34-40(37,38)28-11-7-4-8-12-28)25-15-13-24(14-16-25)19-20-33-22-30(35)26-9-5-3-6-10-26;/h3-18,21,23,30,33,35H,19-20,22H2,1-2H3,(H,34,36);1H/t30-;/m1./s1. The molecule has 0 bridgehead atoms. The average Bonchev–Trinajstić information content (AvgIpc) is 2.96. The Labute approximate surface area is 248 Å². The van der Waals surface area contributed by atoms with E-state index in [9.17, 15) is 18.3 Å². The Morgan fingerprint density at radius 2 is 1.46 bits per heavy atom. The molecule has 0 radical (unpaired) electrons. The Kier molecular flexibility index (Phi) is 11.5. The fourth-order valence-electron chi connectivity index (χ4n) is 4.20. The van der Waals surface area contributed by atoms with Gasteiger partial charge in [0.05, 0.1) is 22.7 Å². The van der Waals surface area contributed by atoms with Gasteiger partial charge in [0.25, 0.3) is 15.9 Å². The largest absolute Gasteiger partial charge is 0.490 e. The lowest BCUT2D eigenvalue weighted by atomic mass is 10.0. The molecular weight excluding hydrogens is 560 g/mol. The Morgan fingerprint density at radius 3 is 2.10 bits per heavy atom. The highest BCUT2D eigenvalue weighted by Crippen LogP contribution is 2.29. The first-order valence-corrected chi connectivity index (χ1v) is 14.7. The lowest BCUT2D eigenvalue weighted by molar-refractivity contribution is 0.0975. The van der Waals surface area contributed by atoms with Crippen molar-refractivity contribution in [3.8, 4) is 16.9 Å². The minimum absolute atomic E-state index is 0. The topological polar surface area (TPSA) is 105 Å². The number of nitrogens with one attached hydrogen (secondary N) is 2. The van der Waals surface area contributed by atoms with Gasteiger partial charge in [0, 0.05) is 6.54 Å². The van der Waals surface area contributed by atoms with E-state index >= 15 is 0 Å². The molecule has 0 aromatic heterocycles. The number of benzene rings is 4. The number of halogens is 1. The van der Waals surface area contributed by atoms with Gasteiger partial charge in [0.2, 0.25) is 0 Å². The summed E-state index contributed by atoms with van der Waals surface area (Å²) < 4.78 is 33.4. The van der Waals surface area contributed by atoms with E-state index in [1.165, 1.54) is 12.1 Å². The molecule has 4 aromatic rings. The third-order valence-electron chi connectivity index (χ3n) is 6.27. The van der Waals surface area contributed by atoms with Crippen LogP contribution in [0.3, 0.4) is 0 Å². The monoisotopic (exact) mass is 594 g/mol. The van der Waals surface area contributed by atoms with Crippen LogP contribution in [0.2, 0.25) is 0 Å². The van der Waals surface area contributed by atoms with Crippen molar-refractivity contribution in [2.75, 3.05) is 13.1 Å². The van der Waals surface area contributed by atoms with Crippen molar-refractivity contribution < 1.29 is 23.1 Å². The predicted molar refractivity (Wildman–Crippen MR) is 164 cm³/mol. The SMILES string of the molecule is CC(C)Oc1cc(-c2ccc(CCNC[C@@H](O)c3ccccc3)cc2)ccc1C(=O)NS(=O)(=O)c1ccccc1.Cl. The molecule has 0 unspecified atom stereocenters. The van der Waals surface area contributed by atoms with Crippen molar-refractivity contribution in [1.29, 1.82) is 0 Å². The van der Waals surface area contributed by atoms with E-state index in [0.717, 1.165) is 35.2 Å². The molecule has 0 saturated heterocycles. The Bertz CT molecular complexity index is 1510. The van der Waals surface area contributed by atoms with E-state index in [-0.39, 0.29) is 29.0 Å². The van der Waals surface area contributed by atoms with Crippen LogP contribution < -0.4 is 14.8 Å². The highest BCUT2D eigenvalue weighted by molar-refractivity contribution is 7.90. The second-order valence-corrected chi connectivity index (χ2v) is 11.4. The molecule has 0 fully saturated rings. The van der Waals surface area contributed by atoms with E-state index in [0.29, 0.717) is 12.3 Å². The Morgan fingerprint density at radius 1 is 0.854 bits per heavy atom. The van der Waals surface area contributed by atoms with Gasteiger partial charge in [-0.05, 0) is 73.3 Å². The summed E-state index contributed by atoms with van der Waals surface area (Å²) >= 11 is 0. The molecular formula is C32H35ClN2O5S. The number of hydrogen-bond acceptors (Lipinski definition) is 6. The number of amides is 1. The average molecular weight is 595 g/mol. The maximum atomic E-state index is 13.0. The van der Waals surface area contributed by atoms with E-state index < -0.39 is 22.0 Å². The zero-order valence-corrected chi connectivity index (χ0v) is 24.6. The number of aliphatic hydroxyl groups excluding tert-OH is 1. The first kappa shape index (κ1) is 31.8. The van der Waals surface area contributed by atoms with Crippen LogP contribution in [0.5, 0.6) is 5.75 Å². The van der Waals surface area contributed by atoms with Crippen molar-refractivity contribution in [2.45, 2.75) is 37.4 Å². The highest BCUT2D eigenvalue weighted by atomic mass is 35.5. The van der Waals surface area contributed by atoms with Crippen molar-refractivity contribution in [3.05, 3.63) is 120 Å². The maximum Gasteiger partial charge on any atom is 0.268 e. The Balaban J connectivity index is 0.00000462. The lowest BCUT2D eigenvalue weighted by Gasteiger charge is -2.16. The van der Waals surface area contributed by atoms with Crippen LogP contribution in [-0.4, -0.2) is 38.6 Å². The third-order valence-corrected chi connectivity index (χ3v) is 7.62. The number of sulfonamides is 1. The quantitative estimate of drug-likeness (QED) is 0.186. The van der Waals surface area contributed by atoms with Crippen molar-refractivity contribution in [2.24, 2.45) is 0 Å². The number of rotatable bonds is 12. The minimum atomic E-state index is -4.02. The molecule has 1 amide bonds. The summed E-state index contributed by atoms with van der Waals surface area (Å²) in [5.41, 5.74) is 3.95. The number of carbonyl (C=O) groups is 1. The van der Waals surface area contributed by atoms with Gasteiger partial charge in [-0.25, -0.2) is 13.1 Å². The van der Waals surface area contributed by atoms with Gasteiger partial charge in [0.15, 0.2) is 0 Å². The van der Waals surface area contributed by atoms with Gasteiger partial charge >= 0.3 is 0 Å². The van der Waals surface area contributed by atoms with Crippen molar-refractivity contribution >= 4 is 28.3 Å². The van der Waals surface area contributed by atoms with E-state index in [1.54, 1.807) is 36.4 Å². The van der Waals surface area contributed by atoms with Crippen LogP contribution in [0.15, 0.2) is 108 Å². The normalized spacial score (nSPS) is 11.9. The molecule has 0 saturated carbocycles. The second kappa shape index (κ2) is 14.8. The zero-order chi connectivity index (χ0) is 28.5. The number of carbonyl (C=O) groups excluding carboxylic acids is 1. The fourth-order valence-corrected chi connectivity index (χ4v) is 5.19. The molecule has 0 aliphatic heterocycles. The van der Waals surface area contributed by atoms with Crippen LogP contribution in [0.1, 0.15) is 41.4 Å². The number of aliphatic hydroxyl groups is 1. The molecule has 41 heavy (non-hydrogen) atoms. The molecule has 216 valence electrons. The predicted octanol–water partition coefficient (Wildman–Crippen LogP) is 5.55. The fraction of sp³-hybridized carbons (Fsp3) is 0.219. The van der Waals surface area contributed by atoms with Crippen molar-refractivity contribution in [1.82, 2.24) is 10.0 Å². The Hall–Kier alpha value is -3.69. The first-order chi connectivity index (χ1) is 19.2. The third kappa shape index (κ3) is 8.90. The summed E-state index contributed by atoms with van der Waals surface area (Å²) in [5, 5.41) is 13.6.